The number of benzene rings is 3. The molecule has 3 atom stereocenters. The van der Waals surface area contributed by atoms with Gasteiger partial charge in [-0.1, -0.05) is 41.3 Å². The van der Waals surface area contributed by atoms with Crippen LogP contribution >= 0.6 is 23.1 Å². The number of hydrogen-bond donors (Lipinski definition) is 2. The zero-order chi connectivity index (χ0) is 30.5. The Morgan fingerprint density at radius 2 is 1.70 bits per heavy atom. The predicted octanol–water partition coefficient (Wildman–Crippen LogP) is 5.41. The SMILES string of the molecule is O=C(COc1ccc(C2c3sc(=O)[nH]c3SC3C(=O)N(c4ccc(F)cc4)C(=O)C32)cc1)Nc1cccc(C(F)(F)F)c1. The Balaban J connectivity index is 1.21. The van der Waals surface area contributed by atoms with E-state index in [1.165, 1.54) is 24.3 Å². The number of carbonyl (C=O) groups excluding carboxylic acids is 3. The maximum atomic E-state index is 13.7. The number of rotatable bonds is 6. The summed E-state index contributed by atoms with van der Waals surface area (Å²) in [5, 5.41) is 2.04. The average Bonchev–Trinajstić information content (AvgIpc) is 3.46. The van der Waals surface area contributed by atoms with Gasteiger partial charge >= 0.3 is 11.0 Å². The Morgan fingerprint density at radius 3 is 2.40 bits per heavy atom. The van der Waals surface area contributed by atoms with Crippen LogP contribution in [-0.4, -0.2) is 34.6 Å². The number of carbonyl (C=O) groups is 3. The molecular formula is C29H19F4N3O5S2. The third kappa shape index (κ3) is 5.55. The van der Waals surface area contributed by atoms with Gasteiger partial charge in [-0.2, -0.15) is 13.2 Å². The number of amides is 3. The van der Waals surface area contributed by atoms with E-state index in [0.29, 0.717) is 15.5 Å². The van der Waals surface area contributed by atoms with Crippen LogP contribution < -0.4 is 19.8 Å². The van der Waals surface area contributed by atoms with Gasteiger partial charge in [-0.25, -0.2) is 9.29 Å². The van der Waals surface area contributed by atoms with Crippen LogP contribution in [0.2, 0.25) is 0 Å². The normalized spacial score (nSPS) is 19.6. The van der Waals surface area contributed by atoms with Crippen molar-refractivity contribution in [2.75, 3.05) is 16.8 Å². The lowest BCUT2D eigenvalue weighted by Gasteiger charge is -2.29. The van der Waals surface area contributed by atoms with Crippen molar-refractivity contribution < 1.29 is 36.7 Å². The minimum Gasteiger partial charge on any atom is -0.484 e. The number of H-pyrrole nitrogens is 1. The van der Waals surface area contributed by atoms with Crippen molar-refractivity contribution in [2.45, 2.75) is 22.4 Å². The Labute approximate surface area is 248 Å². The van der Waals surface area contributed by atoms with Crippen LogP contribution in [0.25, 0.3) is 0 Å². The fourth-order valence-corrected chi connectivity index (χ4v) is 7.63. The molecule has 2 aliphatic rings. The smallest absolute Gasteiger partial charge is 0.416 e. The molecule has 220 valence electrons. The van der Waals surface area contributed by atoms with Gasteiger partial charge in [-0.3, -0.25) is 19.2 Å². The first-order valence-electron chi connectivity index (χ1n) is 12.7. The van der Waals surface area contributed by atoms with Crippen molar-refractivity contribution in [3.05, 3.63) is 104 Å². The molecule has 3 unspecified atom stereocenters. The lowest BCUT2D eigenvalue weighted by atomic mass is 9.83. The van der Waals surface area contributed by atoms with Crippen LogP contribution in [-0.2, 0) is 20.6 Å². The van der Waals surface area contributed by atoms with Gasteiger partial charge in [0.2, 0.25) is 11.8 Å². The third-order valence-electron chi connectivity index (χ3n) is 6.99. The second kappa shape index (κ2) is 11.0. The van der Waals surface area contributed by atoms with Gasteiger partial charge in [-0.15, -0.1) is 0 Å². The minimum atomic E-state index is -4.55. The molecule has 1 fully saturated rings. The largest absolute Gasteiger partial charge is 0.484 e. The molecule has 2 N–H and O–H groups in total. The number of alkyl halides is 3. The highest BCUT2D eigenvalue weighted by Crippen LogP contribution is 2.53. The van der Waals surface area contributed by atoms with Crippen LogP contribution in [0.1, 0.15) is 21.9 Å². The van der Waals surface area contributed by atoms with E-state index in [2.05, 4.69) is 10.3 Å². The number of aromatic amines is 1. The molecule has 4 aromatic rings. The van der Waals surface area contributed by atoms with Gasteiger partial charge in [-0.05, 0) is 60.2 Å². The van der Waals surface area contributed by atoms with Gasteiger partial charge in [0, 0.05) is 16.5 Å². The number of anilines is 2. The Bertz CT molecular complexity index is 1790. The number of nitrogens with one attached hydrogen (secondary N) is 2. The fourth-order valence-electron chi connectivity index (χ4n) is 5.11. The van der Waals surface area contributed by atoms with Gasteiger partial charge in [0.05, 0.1) is 22.2 Å². The summed E-state index contributed by atoms with van der Waals surface area (Å²) < 4.78 is 57.8. The average molecular weight is 630 g/mol. The van der Waals surface area contributed by atoms with Crippen LogP contribution in [0.15, 0.2) is 82.6 Å². The quantitative estimate of drug-likeness (QED) is 0.218. The standard InChI is InChI=1S/C29H19F4N3O5S2/c30-16-6-8-18(9-7-16)36-26(38)22-21(23-25(35-28(40)43-23)42-24(22)27(36)39)14-4-10-19(11-5-14)41-13-20(37)34-17-3-1-2-15(12-17)29(31,32)33/h1-12,21-22,24H,13H2,(H,34,37)(H,35,40). The molecule has 14 heteroatoms. The number of imide groups is 1. The van der Waals surface area contributed by atoms with Crippen LogP contribution in [0, 0.1) is 11.7 Å². The summed E-state index contributed by atoms with van der Waals surface area (Å²) in [5.41, 5.74) is -0.0666. The van der Waals surface area contributed by atoms with Gasteiger partial charge in [0.1, 0.15) is 16.8 Å². The molecule has 3 heterocycles. The van der Waals surface area contributed by atoms with E-state index in [4.69, 9.17) is 4.74 Å². The van der Waals surface area contributed by atoms with Crippen molar-refractivity contribution in [1.82, 2.24) is 4.98 Å². The minimum absolute atomic E-state index is 0.0322. The highest BCUT2D eigenvalue weighted by Gasteiger charge is 2.56. The number of fused-ring (bicyclic) bond motifs is 2. The van der Waals surface area contributed by atoms with Crippen molar-refractivity contribution in [3.8, 4) is 5.75 Å². The zero-order valence-corrected chi connectivity index (χ0v) is 23.3. The summed E-state index contributed by atoms with van der Waals surface area (Å²) in [5.74, 6) is -3.35. The molecule has 2 aliphatic heterocycles. The molecule has 0 aliphatic carbocycles. The molecule has 1 aromatic heterocycles. The number of halogens is 4. The Morgan fingerprint density at radius 1 is 0.977 bits per heavy atom. The molecule has 3 aromatic carbocycles. The lowest BCUT2D eigenvalue weighted by molar-refractivity contribution is -0.137. The summed E-state index contributed by atoms with van der Waals surface area (Å²) in [4.78, 5) is 55.7. The van der Waals surface area contributed by atoms with E-state index in [9.17, 15) is 36.7 Å². The van der Waals surface area contributed by atoms with Gasteiger partial charge in [0.25, 0.3) is 5.91 Å². The summed E-state index contributed by atoms with van der Waals surface area (Å²) in [6.45, 7) is -0.483. The first-order valence-corrected chi connectivity index (χ1v) is 14.4. The van der Waals surface area contributed by atoms with Crippen molar-refractivity contribution in [3.63, 3.8) is 0 Å². The molecule has 0 saturated carbocycles. The molecule has 43 heavy (non-hydrogen) atoms. The number of thioether (sulfide) groups is 1. The highest BCUT2D eigenvalue weighted by molar-refractivity contribution is 8.00. The monoisotopic (exact) mass is 629 g/mol. The van der Waals surface area contributed by atoms with E-state index < -0.39 is 59.0 Å². The van der Waals surface area contributed by atoms with E-state index in [1.807, 2.05) is 0 Å². The topological polar surface area (TPSA) is 109 Å². The third-order valence-corrected chi connectivity index (χ3v) is 9.39. The summed E-state index contributed by atoms with van der Waals surface area (Å²) in [6, 6.07) is 15.7. The number of hydrogen-bond acceptors (Lipinski definition) is 7. The molecule has 0 radical (unpaired) electrons. The molecular weight excluding hydrogens is 610 g/mol. The first-order chi connectivity index (χ1) is 20.5. The molecule has 8 nitrogen and oxygen atoms in total. The van der Waals surface area contributed by atoms with Crippen LogP contribution in [0.4, 0.5) is 28.9 Å². The number of ether oxygens (including phenoxy) is 1. The van der Waals surface area contributed by atoms with Crippen LogP contribution in [0.3, 0.4) is 0 Å². The van der Waals surface area contributed by atoms with Gasteiger partial charge < -0.3 is 15.0 Å². The second-order valence-electron chi connectivity index (χ2n) is 9.72. The number of nitrogens with zero attached hydrogens (tertiary/aromatic N) is 1. The summed E-state index contributed by atoms with van der Waals surface area (Å²) in [6.07, 6.45) is -4.55. The maximum Gasteiger partial charge on any atom is 0.416 e. The predicted molar refractivity (Wildman–Crippen MR) is 151 cm³/mol. The first kappa shape index (κ1) is 28.7. The summed E-state index contributed by atoms with van der Waals surface area (Å²) in [7, 11) is 0. The summed E-state index contributed by atoms with van der Waals surface area (Å²) >= 11 is 2.06. The fraction of sp³-hybridized carbons (Fsp3) is 0.172. The molecule has 1 saturated heterocycles. The van der Waals surface area contributed by atoms with E-state index >= 15 is 0 Å². The molecule has 3 amide bonds. The van der Waals surface area contributed by atoms with Crippen molar-refractivity contribution in [2.24, 2.45) is 5.92 Å². The lowest BCUT2D eigenvalue weighted by Crippen LogP contribution is -2.32. The van der Waals surface area contributed by atoms with E-state index in [-0.39, 0.29) is 22.0 Å². The Hall–Kier alpha value is -4.43. The van der Waals surface area contributed by atoms with Gasteiger partial charge in [0.15, 0.2) is 6.61 Å². The highest BCUT2D eigenvalue weighted by atomic mass is 32.2. The Kier molecular flexibility index (Phi) is 7.34. The van der Waals surface area contributed by atoms with Crippen molar-refractivity contribution in [1.29, 1.82) is 0 Å². The number of thiazole rings is 1. The number of aromatic nitrogens is 1. The zero-order valence-electron chi connectivity index (χ0n) is 21.7. The van der Waals surface area contributed by atoms with Crippen LogP contribution in [0.5, 0.6) is 5.75 Å². The molecule has 6 rings (SSSR count). The molecule has 0 bridgehead atoms. The van der Waals surface area contributed by atoms with Crippen molar-refractivity contribution >= 4 is 52.2 Å². The van der Waals surface area contributed by atoms with E-state index in [0.717, 1.165) is 52.3 Å². The maximum absolute atomic E-state index is 13.7. The molecule has 0 spiro atoms. The van der Waals surface area contributed by atoms with E-state index in [1.54, 1.807) is 24.3 Å². The second-order valence-corrected chi connectivity index (χ2v) is 11.9.